The van der Waals surface area contributed by atoms with E-state index in [4.69, 9.17) is 0 Å². The molecule has 21 heavy (non-hydrogen) atoms. The van der Waals surface area contributed by atoms with Crippen LogP contribution in [0.25, 0.3) is 0 Å². The van der Waals surface area contributed by atoms with Gasteiger partial charge in [0.25, 0.3) is 0 Å². The highest BCUT2D eigenvalue weighted by atomic mass is 79.9. The van der Waals surface area contributed by atoms with Crippen molar-refractivity contribution in [1.29, 1.82) is 0 Å². The number of benzene rings is 2. The molecule has 1 atom stereocenters. The third-order valence-electron chi connectivity index (χ3n) is 3.40. The monoisotopic (exact) mass is 360 g/mol. The van der Waals surface area contributed by atoms with Gasteiger partial charge in [0, 0.05) is 15.4 Å². The number of aryl methyl sites for hydroxylation is 1. The Balaban J connectivity index is 1.55. The maximum atomic E-state index is 4.61. The second-order valence-corrected chi connectivity index (χ2v) is 7.41. The van der Waals surface area contributed by atoms with E-state index < -0.39 is 0 Å². The zero-order chi connectivity index (χ0) is 14.7. The van der Waals surface area contributed by atoms with Crippen LogP contribution in [0.4, 0.5) is 5.69 Å². The second-order valence-electron chi connectivity index (χ2n) is 5.21. The van der Waals surface area contributed by atoms with E-state index in [0.717, 1.165) is 28.3 Å². The minimum Gasteiger partial charge on any atom is -0.335 e. The van der Waals surface area contributed by atoms with Crippen LogP contribution in [0, 0.1) is 6.92 Å². The largest absolute Gasteiger partial charge is 0.335 e. The van der Waals surface area contributed by atoms with Gasteiger partial charge in [-0.2, -0.15) is 0 Å². The van der Waals surface area contributed by atoms with Crippen LogP contribution in [0.3, 0.4) is 0 Å². The lowest BCUT2D eigenvalue weighted by Gasteiger charge is -2.09. The molecule has 0 spiro atoms. The van der Waals surface area contributed by atoms with Crippen LogP contribution in [0.5, 0.6) is 0 Å². The van der Waals surface area contributed by atoms with Crippen LogP contribution in [-0.2, 0) is 6.42 Å². The molecule has 0 aromatic heterocycles. The Kier molecular flexibility index (Phi) is 4.66. The molecule has 0 unspecified atom stereocenters. The summed E-state index contributed by atoms with van der Waals surface area (Å²) >= 11 is 5.31. The normalized spacial score (nSPS) is 17.6. The van der Waals surface area contributed by atoms with Gasteiger partial charge in [0.05, 0.1) is 6.54 Å². The van der Waals surface area contributed by atoms with Gasteiger partial charge in [0.15, 0.2) is 5.17 Å². The average molecular weight is 361 g/mol. The van der Waals surface area contributed by atoms with E-state index in [1.807, 2.05) is 11.8 Å². The molecule has 0 aliphatic carbocycles. The van der Waals surface area contributed by atoms with Crippen LogP contribution in [0.1, 0.15) is 11.1 Å². The Morgan fingerprint density at radius 3 is 2.57 bits per heavy atom. The first kappa shape index (κ1) is 14.7. The minimum atomic E-state index is 0.527. The summed E-state index contributed by atoms with van der Waals surface area (Å²) in [5.41, 5.74) is 3.74. The molecular weight excluding hydrogens is 344 g/mol. The quantitative estimate of drug-likeness (QED) is 0.842. The van der Waals surface area contributed by atoms with E-state index in [0.29, 0.717) is 5.25 Å². The lowest BCUT2D eigenvalue weighted by atomic mass is 10.1. The Morgan fingerprint density at radius 2 is 1.86 bits per heavy atom. The number of hydrogen-bond acceptors (Lipinski definition) is 3. The van der Waals surface area contributed by atoms with Gasteiger partial charge < -0.3 is 5.32 Å². The molecule has 4 heteroatoms. The highest BCUT2D eigenvalue weighted by Gasteiger charge is 2.20. The first-order valence-corrected chi connectivity index (χ1v) is 8.65. The third kappa shape index (κ3) is 4.11. The Bertz CT molecular complexity index is 635. The third-order valence-corrected chi connectivity index (χ3v) is 5.03. The van der Waals surface area contributed by atoms with Crippen molar-refractivity contribution < 1.29 is 0 Å². The van der Waals surface area contributed by atoms with Crippen molar-refractivity contribution in [1.82, 2.24) is 0 Å². The molecule has 0 bridgehead atoms. The Labute approximate surface area is 138 Å². The van der Waals surface area contributed by atoms with E-state index in [-0.39, 0.29) is 0 Å². The van der Waals surface area contributed by atoms with Crippen molar-refractivity contribution in [2.45, 2.75) is 18.6 Å². The number of amidine groups is 1. The van der Waals surface area contributed by atoms with Crippen molar-refractivity contribution in [3.8, 4) is 0 Å². The van der Waals surface area contributed by atoms with E-state index in [2.05, 4.69) is 81.7 Å². The first-order chi connectivity index (χ1) is 10.2. The van der Waals surface area contributed by atoms with E-state index >= 15 is 0 Å². The number of aliphatic imine (C=N–C) groups is 1. The van der Waals surface area contributed by atoms with Gasteiger partial charge in [0.2, 0.25) is 0 Å². The predicted molar refractivity (Wildman–Crippen MR) is 96.3 cm³/mol. The lowest BCUT2D eigenvalue weighted by Crippen LogP contribution is -2.10. The predicted octanol–water partition coefficient (Wildman–Crippen LogP) is 4.88. The summed E-state index contributed by atoms with van der Waals surface area (Å²) in [6.45, 7) is 2.98. The van der Waals surface area contributed by atoms with Gasteiger partial charge in [-0.05, 0) is 43.2 Å². The van der Waals surface area contributed by atoms with Gasteiger partial charge in [-0.25, -0.2) is 0 Å². The number of anilines is 1. The van der Waals surface area contributed by atoms with Crippen molar-refractivity contribution >= 4 is 38.5 Å². The summed E-state index contributed by atoms with van der Waals surface area (Å²) in [5, 5.41) is 4.95. The summed E-state index contributed by atoms with van der Waals surface area (Å²) in [6, 6.07) is 17.0. The SMILES string of the molecule is Cc1ccc(NC2=NC[C@H](Cc3ccc(Br)cc3)S2)cc1. The average Bonchev–Trinajstić information content (AvgIpc) is 2.91. The molecule has 1 aliphatic heterocycles. The van der Waals surface area contributed by atoms with E-state index in [1.165, 1.54) is 11.1 Å². The van der Waals surface area contributed by atoms with Gasteiger partial charge >= 0.3 is 0 Å². The van der Waals surface area contributed by atoms with Crippen LogP contribution < -0.4 is 5.32 Å². The summed E-state index contributed by atoms with van der Waals surface area (Å²) in [7, 11) is 0. The minimum absolute atomic E-state index is 0.527. The molecule has 2 aromatic rings. The first-order valence-electron chi connectivity index (χ1n) is 6.98. The molecule has 1 N–H and O–H groups in total. The number of hydrogen-bond donors (Lipinski definition) is 1. The van der Waals surface area contributed by atoms with Gasteiger partial charge in [0.1, 0.15) is 0 Å². The smallest absolute Gasteiger partial charge is 0.161 e. The molecule has 2 nitrogen and oxygen atoms in total. The van der Waals surface area contributed by atoms with Crippen molar-refractivity contribution in [2.24, 2.45) is 4.99 Å². The van der Waals surface area contributed by atoms with Crippen molar-refractivity contribution in [3.63, 3.8) is 0 Å². The van der Waals surface area contributed by atoms with Crippen LogP contribution in [-0.4, -0.2) is 17.0 Å². The standard InChI is InChI=1S/C17H17BrN2S/c1-12-2-8-15(9-3-12)20-17-19-11-16(21-17)10-13-4-6-14(18)7-5-13/h2-9,16H,10-11H2,1H3,(H,19,20)/t16-/m0/s1. The number of rotatable bonds is 3. The molecule has 0 fully saturated rings. The topological polar surface area (TPSA) is 24.4 Å². The van der Waals surface area contributed by atoms with E-state index in [9.17, 15) is 0 Å². The molecule has 0 saturated heterocycles. The fourth-order valence-corrected chi connectivity index (χ4v) is 3.57. The van der Waals surface area contributed by atoms with Gasteiger partial charge in [-0.3, -0.25) is 4.99 Å². The second kappa shape index (κ2) is 6.67. The summed E-state index contributed by atoms with van der Waals surface area (Å²) < 4.78 is 1.13. The van der Waals surface area contributed by atoms with Gasteiger partial charge in [-0.1, -0.05) is 57.5 Å². The fraction of sp³-hybridized carbons (Fsp3) is 0.235. The number of nitrogens with zero attached hydrogens (tertiary/aromatic N) is 1. The van der Waals surface area contributed by atoms with Crippen LogP contribution >= 0.6 is 27.7 Å². The Hall–Kier alpha value is -1.26. The molecule has 2 aromatic carbocycles. The van der Waals surface area contributed by atoms with Gasteiger partial charge in [-0.15, -0.1) is 0 Å². The van der Waals surface area contributed by atoms with Crippen LogP contribution in [0.2, 0.25) is 0 Å². The van der Waals surface area contributed by atoms with Crippen molar-refractivity contribution in [2.75, 3.05) is 11.9 Å². The Morgan fingerprint density at radius 1 is 1.14 bits per heavy atom. The van der Waals surface area contributed by atoms with E-state index in [1.54, 1.807) is 0 Å². The fourth-order valence-electron chi connectivity index (χ4n) is 2.24. The molecule has 1 heterocycles. The maximum absolute atomic E-state index is 4.61. The molecular formula is C17H17BrN2S. The number of halogens is 1. The summed E-state index contributed by atoms with van der Waals surface area (Å²) in [6.07, 6.45) is 1.06. The molecule has 0 radical (unpaired) electrons. The maximum Gasteiger partial charge on any atom is 0.161 e. The molecule has 108 valence electrons. The highest BCUT2D eigenvalue weighted by molar-refractivity contribution is 9.10. The zero-order valence-electron chi connectivity index (χ0n) is 11.8. The molecule has 1 aliphatic rings. The number of thioether (sulfide) groups is 1. The molecule has 0 saturated carbocycles. The lowest BCUT2D eigenvalue weighted by molar-refractivity contribution is 0.870. The summed E-state index contributed by atoms with van der Waals surface area (Å²) in [5.74, 6) is 0. The van der Waals surface area contributed by atoms with Crippen LogP contribution in [0.15, 0.2) is 58.0 Å². The number of nitrogens with one attached hydrogen (secondary N) is 1. The molecule has 3 rings (SSSR count). The van der Waals surface area contributed by atoms with Crippen molar-refractivity contribution in [3.05, 3.63) is 64.1 Å². The summed E-state index contributed by atoms with van der Waals surface area (Å²) in [4.78, 5) is 4.61. The molecule has 0 amide bonds. The highest BCUT2D eigenvalue weighted by Crippen LogP contribution is 2.26. The zero-order valence-corrected chi connectivity index (χ0v) is 14.2.